The van der Waals surface area contributed by atoms with Crippen molar-refractivity contribution in [3.63, 3.8) is 0 Å². The van der Waals surface area contributed by atoms with E-state index < -0.39 is 11.8 Å². The zero-order valence-corrected chi connectivity index (χ0v) is 7.39. The van der Waals surface area contributed by atoms with Crippen LogP contribution in [0.2, 0.25) is 0 Å². The monoisotopic (exact) mass is 170 g/mol. The van der Waals surface area contributed by atoms with Crippen LogP contribution in [0.25, 0.3) is 0 Å². The molecule has 0 atom stereocenters. The highest BCUT2D eigenvalue weighted by Crippen LogP contribution is 2.25. The Hall–Kier alpha value is -1.06. The van der Waals surface area contributed by atoms with Crippen LogP contribution in [0.4, 0.5) is 0 Å². The smallest absolute Gasteiger partial charge is 0.309 e. The van der Waals surface area contributed by atoms with Crippen molar-refractivity contribution in [2.24, 2.45) is 5.92 Å². The molecule has 0 aromatic heterocycles. The van der Waals surface area contributed by atoms with Gasteiger partial charge >= 0.3 is 11.8 Å². The molecule has 1 aliphatic rings. The van der Waals surface area contributed by atoms with Crippen molar-refractivity contribution < 1.29 is 9.59 Å². The zero-order valence-electron chi connectivity index (χ0n) is 7.39. The number of rotatable bonds is 1. The summed E-state index contributed by atoms with van der Waals surface area (Å²) in [5.41, 5.74) is 0. The maximum Gasteiger partial charge on any atom is 0.309 e. The van der Waals surface area contributed by atoms with Crippen molar-refractivity contribution in [3.05, 3.63) is 0 Å². The van der Waals surface area contributed by atoms with E-state index in [2.05, 4.69) is 17.6 Å². The van der Waals surface area contributed by atoms with Crippen LogP contribution in [0, 0.1) is 5.92 Å². The molecule has 0 saturated heterocycles. The first kappa shape index (κ1) is 9.03. The second-order valence-corrected chi connectivity index (χ2v) is 3.33. The van der Waals surface area contributed by atoms with Crippen LogP contribution in [0.15, 0.2) is 0 Å². The summed E-state index contributed by atoms with van der Waals surface area (Å²) >= 11 is 0. The molecule has 1 rings (SSSR count). The number of hydrogen-bond acceptors (Lipinski definition) is 2. The normalized spacial score (nSPS) is 27.2. The predicted molar refractivity (Wildman–Crippen MR) is 44.4 cm³/mol. The summed E-state index contributed by atoms with van der Waals surface area (Å²) in [5, 5.41) is 4.93. The zero-order chi connectivity index (χ0) is 9.14. The molecule has 0 bridgehead atoms. The SMILES string of the molecule is CNC(=O)C(=O)NC1CC(C)C1. The molecule has 2 N–H and O–H groups in total. The van der Waals surface area contributed by atoms with Crippen molar-refractivity contribution in [1.29, 1.82) is 0 Å². The summed E-state index contributed by atoms with van der Waals surface area (Å²) in [7, 11) is 1.45. The molecule has 2 amide bonds. The molecule has 12 heavy (non-hydrogen) atoms. The van der Waals surface area contributed by atoms with Gasteiger partial charge in [-0.15, -0.1) is 0 Å². The van der Waals surface area contributed by atoms with Crippen molar-refractivity contribution in [2.75, 3.05) is 7.05 Å². The molecule has 1 aliphatic carbocycles. The van der Waals surface area contributed by atoms with E-state index >= 15 is 0 Å². The minimum atomic E-state index is -0.561. The van der Waals surface area contributed by atoms with Gasteiger partial charge in [-0.05, 0) is 18.8 Å². The number of carbonyl (C=O) groups is 2. The highest BCUT2D eigenvalue weighted by Gasteiger charge is 2.27. The Morgan fingerprint density at radius 3 is 2.25 bits per heavy atom. The van der Waals surface area contributed by atoms with Crippen LogP contribution < -0.4 is 10.6 Å². The molecule has 4 nitrogen and oxygen atoms in total. The van der Waals surface area contributed by atoms with Gasteiger partial charge in [-0.1, -0.05) is 6.92 Å². The van der Waals surface area contributed by atoms with Gasteiger partial charge < -0.3 is 10.6 Å². The molecule has 1 saturated carbocycles. The molecule has 4 heteroatoms. The lowest BCUT2D eigenvalue weighted by Crippen LogP contribution is -2.48. The number of hydrogen-bond donors (Lipinski definition) is 2. The van der Waals surface area contributed by atoms with Gasteiger partial charge in [0.25, 0.3) is 0 Å². The van der Waals surface area contributed by atoms with Gasteiger partial charge in [0.15, 0.2) is 0 Å². The summed E-state index contributed by atoms with van der Waals surface area (Å²) in [6.45, 7) is 2.13. The number of nitrogens with one attached hydrogen (secondary N) is 2. The average molecular weight is 170 g/mol. The van der Waals surface area contributed by atoms with Crippen LogP contribution in [-0.4, -0.2) is 24.9 Å². The Morgan fingerprint density at radius 2 is 1.83 bits per heavy atom. The summed E-state index contributed by atoms with van der Waals surface area (Å²) < 4.78 is 0. The lowest BCUT2D eigenvalue weighted by Gasteiger charge is -2.32. The van der Waals surface area contributed by atoms with Crippen molar-refractivity contribution in [3.8, 4) is 0 Å². The minimum absolute atomic E-state index is 0.213. The Balaban J connectivity index is 2.23. The molecular weight excluding hydrogens is 156 g/mol. The van der Waals surface area contributed by atoms with Crippen LogP contribution in [0.3, 0.4) is 0 Å². The van der Waals surface area contributed by atoms with Gasteiger partial charge in [0.2, 0.25) is 0 Å². The molecule has 0 unspecified atom stereocenters. The summed E-state index contributed by atoms with van der Waals surface area (Å²) in [6.07, 6.45) is 1.98. The van der Waals surface area contributed by atoms with Crippen LogP contribution in [0.1, 0.15) is 19.8 Å². The summed E-state index contributed by atoms with van der Waals surface area (Å²) in [4.78, 5) is 21.7. The molecule has 1 fully saturated rings. The lowest BCUT2D eigenvalue weighted by molar-refractivity contribution is -0.139. The molecule has 0 aromatic carbocycles. The highest BCUT2D eigenvalue weighted by atomic mass is 16.2. The Labute approximate surface area is 71.7 Å². The van der Waals surface area contributed by atoms with E-state index in [9.17, 15) is 9.59 Å². The van der Waals surface area contributed by atoms with E-state index in [4.69, 9.17) is 0 Å². The van der Waals surface area contributed by atoms with Crippen LogP contribution in [-0.2, 0) is 9.59 Å². The topological polar surface area (TPSA) is 58.2 Å². The Morgan fingerprint density at radius 1 is 1.25 bits per heavy atom. The molecule has 0 heterocycles. The standard InChI is InChI=1S/C8H14N2O2/c1-5-3-6(4-5)10-8(12)7(11)9-2/h5-6H,3-4H2,1-2H3,(H,9,11)(H,10,12). The Bertz CT molecular complexity index is 197. The van der Waals surface area contributed by atoms with E-state index in [-0.39, 0.29) is 6.04 Å². The molecular formula is C8H14N2O2. The maximum absolute atomic E-state index is 11.0. The van der Waals surface area contributed by atoms with Crippen molar-refractivity contribution >= 4 is 11.8 Å². The number of likely N-dealkylation sites (N-methyl/N-ethyl adjacent to an activating group) is 1. The number of carbonyl (C=O) groups excluding carboxylic acids is 2. The molecule has 0 radical (unpaired) electrons. The van der Waals surface area contributed by atoms with Crippen LogP contribution >= 0.6 is 0 Å². The first-order valence-corrected chi connectivity index (χ1v) is 4.16. The molecule has 0 aromatic rings. The third-order valence-corrected chi connectivity index (χ3v) is 2.14. The van der Waals surface area contributed by atoms with E-state index in [1.54, 1.807) is 0 Å². The fraction of sp³-hybridized carbons (Fsp3) is 0.750. The van der Waals surface area contributed by atoms with Crippen molar-refractivity contribution in [2.45, 2.75) is 25.8 Å². The lowest BCUT2D eigenvalue weighted by atomic mass is 9.82. The van der Waals surface area contributed by atoms with Gasteiger partial charge in [-0.2, -0.15) is 0 Å². The third kappa shape index (κ3) is 1.96. The predicted octanol–water partition coefficient (Wildman–Crippen LogP) is -0.353. The van der Waals surface area contributed by atoms with E-state index in [1.807, 2.05) is 0 Å². The molecule has 0 spiro atoms. The summed E-state index contributed by atoms with van der Waals surface area (Å²) in [6, 6.07) is 0.213. The fourth-order valence-corrected chi connectivity index (χ4v) is 1.38. The number of amides is 2. The average Bonchev–Trinajstić information content (AvgIpc) is 2.00. The second-order valence-electron chi connectivity index (χ2n) is 3.33. The van der Waals surface area contributed by atoms with E-state index in [1.165, 1.54) is 7.05 Å². The van der Waals surface area contributed by atoms with E-state index in [0.29, 0.717) is 5.92 Å². The Kier molecular flexibility index (Phi) is 2.68. The first-order chi connectivity index (χ1) is 5.63. The van der Waals surface area contributed by atoms with Gasteiger partial charge in [0, 0.05) is 13.1 Å². The van der Waals surface area contributed by atoms with E-state index in [0.717, 1.165) is 12.8 Å². The third-order valence-electron chi connectivity index (χ3n) is 2.14. The summed E-state index contributed by atoms with van der Waals surface area (Å²) in [5.74, 6) is -0.399. The fourth-order valence-electron chi connectivity index (χ4n) is 1.38. The molecule has 68 valence electrons. The largest absolute Gasteiger partial charge is 0.351 e. The molecule has 0 aliphatic heterocycles. The second kappa shape index (κ2) is 3.56. The maximum atomic E-state index is 11.0. The van der Waals surface area contributed by atoms with Crippen molar-refractivity contribution in [1.82, 2.24) is 10.6 Å². The van der Waals surface area contributed by atoms with Gasteiger partial charge in [0.05, 0.1) is 0 Å². The first-order valence-electron chi connectivity index (χ1n) is 4.16. The van der Waals surface area contributed by atoms with Gasteiger partial charge in [-0.25, -0.2) is 0 Å². The quantitative estimate of drug-likeness (QED) is 0.528. The highest BCUT2D eigenvalue weighted by molar-refractivity contribution is 6.35. The van der Waals surface area contributed by atoms with Gasteiger partial charge in [0.1, 0.15) is 0 Å². The van der Waals surface area contributed by atoms with Gasteiger partial charge in [-0.3, -0.25) is 9.59 Å². The minimum Gasteiger partial charge on any atom is -0.351 e. The van der Waals surface area contributed by atoms with Crippen LogP contribution in [0.5, 0.6) is 0 Å².